The van der Waals surface area contributed by atoms with Crippen LogP contribution in [-0.4, -0.2) is 19.8 Å². The van der Waals surface area contributed by atoms with Gasteiger partial charge in [0.15, 0.2) is 0 Å². The third-order valence-electron chi connectivity index (χ3n) is 2.95. The van der Waals surface area contributed by atoms with Gasteiger partial charge in [0.2, 0.25) is 10.0 Å². The molecule has 0 aliphatic carbocycles. The summed E-state index contributed by atoms with van der Waals surface area (Å²) in [6, 6.07) is 8.92. The number of anilines is 1. The SMILES string of the molecule is CN(Cc1ccccc1F)S(=O)(=O)c1cc(N)cc(F)c1. The van der Waals surface area contributed by atoms with Crippen LogP contribution in [0.4, 0.5) is 14.5 Å². The molecule has 0 radical (unpaired) electrons. The Hall–Kier alpha value is -1.99. The molecule has 112 valence electrons. The predicted molar refractivity (Wildman–Crippen MR) is 75.9 cm³/mol. The van der Waals surface area contributed by atoms with Gasteiger partial charge in [0.05, 0.1) is 4.90 Å². The number of nitrogens with zero attached hydrogens (tertiary/aromatic N) is 1. The fourth-order valence-corrected chi connectivity index (χ4v) is 3.08. The Bertz CT molecular complexity index is 743. The lowest BCUT2D eigenvalue weighted by Crippen LogP contribution is -2.27. The lowest BCUT2D eigenvalue weighted by atomic mass is 10.2. The molecule has 0 saturated heterocycles. The Morgan fingerprint density at radius 2 is 1.81 bits per heavy atom. The van der Waals surface area contributed by atoms with E-state index in [4.69, 9.17) is 5.73 Å². The first-order valence-electron chi connectivity index (χ1n) is 6.06. The number of halogens is 2. The first-order valence-corrected chi connectivity index (χ1v) is 7.50. The number of benzene rings is 2. The molecule has 0 unspecified atom stereocenters. The Morgan fingerprint density at radius 1 is 1.14 bits per heavy atom. The molecule has 21 heavy (non-hydrogen) atoms. The van der Waals surface area contributed by atoms with E-state index in [0.717, 1.165) is 22.5 Å². The van der Waals surface area contributed by atoms with Crippen LogP contribution in [0, 0.1) is 11.6 Å². The summed E-state index contributed by atoms with van der Waals surface area (Å²) in [6.45, 7) is -0.161. The van der Waals surface area contributed by atoms with Crippen molar-refractivity contribution in [1.82, 2.24) is 4.31 Å². The minimum Gasteiger partial charge on any atom is -0.399 e. The molecule has 2 rings (SSSR count). The van der Waals surface area contributed by atoms with Crippen molar-refractivity contribution in [2.45, 2.75) is 11.4 Å². The molecule has 0 bridgehead atoms. The molecular weight excluding hydrogens is 298 g/mol. The van der Waals surface area contributed by atoms with Gasteiger partial charge in [-0.05, 0) is 24.3 Å². The lowest BCUT2D eigenvalue weighted by molar-refractivity contribution is 0.455. The molecule has 2 N–H and O–H groups in total. The van der Waals surface area contributed by atoms with Gasteiger partial charge in [-0.25, -0.2) is 17.2 Å². The van der Waals surface area contributed by atoms with Gasteiger partial charge in [0.25, 0.3) is 0 Å². The van der Waals surface area contributed by atoms with Gasteiger partial charge in [0, 0.05) is 24.8 Å². The molecule has 2 aromatic carbocycles. The summed E-state index contributed by atoms with van der Waals surface area (Å²) in [5, 5.41) is 0. The molecule has 7 heteroatoms. The Labute approximate surface area is 121 Å². The summed E-state index contributed by atoms with van der Waals surface area (Å²) >= 11 is 0. The highest BCUT2D eigenvalue weighted by molar-refractivity contribution is 7.89. The average Bonchev–Trinajstić information content (AvgIpc) is 2.40. The van der Waals surface area contributed by atoms with Crippen LogP contribution in [0.2, 0.25) is 0 Å². The first kappa shape index (κ1) is 15.4. The van der Waals surface area contributed by atoms with Gasteiger partial charge >= 0.3 is 0 Å². The van der Waals surface area contributed by atoms with E-state index in [9.17, 15) is 17.2 Å². The van der Waals surface area contributed by atoms with Crippen molar-refractivity contribution < 1.29 is 17.2 Å². The van der Waals surface area contributed by atoms with Crippen LogP contribution in [0.1, 0.15) is 5.56 Å². The number of sulfonamides is 1. The molecule has 0 spiro atoms. The zero-order chi connectivity index (χ0) is 15.6. The molecular formula is C14H14F2N2O2S. The second-order valence-electron chi connectivity index (χ2n) is 4.57. The van der Waals surface area contributed by atoms with Gasteiger partial charge < -0.3 is 5.73 Å². The smallest absolute Gasteiger partial charge is 0.243 e. The standard InChI is InChI=1S/C14H14F2N2O2S/c1-18(9-10-4-2-3-5-14(10)16)21(19,20)13-7-11(15)6-12(17)8-13/h2-8H,9,17H2,1H3. The number of hydrogen-bond donors (Lipinski definition) is 1. The predicted octanol–water partition coefficient (Wildman–Crippen LogP) is 2.37. The molecule has 0 aliphatic heterocycles. The van der Waals surface area contributed by atoms with E-state index >= 15 is 0 Å². The summed E-state index contributed by atoms with van der Waals surface area (Å²) in [7, 11) is -2.66. The molecule has 0 amide bonds. The molecule has 2 aromatic rings. The third-order valence-corrected chi connectivity index (χ3v) is 4.73. The molecule has 0 atom stereocenters. The highest BCUT2D eigenvalue weighted by Crippen LogP contribution is 2.21. The average molecular weight is 312 g/mol. The Balaban J connectivity index is 2.33. The summed E-state index contributed by atoms with van der Waals surface area (Å²) in [4.78, 5) is -0.265. The normalized spacial score (nSPS) is 11.8. The van der Waals surface area contributed by atoms with E-state index in [2.05, 4.69) is 0 Å². The number of hydrogen-bond acceptors (Lipinski definition) is 3. The number of nitrogens with two attached hydrogens (primary N) is 1. The van der Waals surface area contributed by atoms with Crippen molar-refractivity contribution in [2.75, 3.05) is 12.8 Å². The second kappa shape index (κ2) is 5.79. The van der Waals surface area contributed by atoms with Crippen LogP contribution >= 0.6 is 0 Å². The van der Waals surface area contributed by atoms with Crippen LogP contribution in [0.3, 0.4) is 0 Å². The Kier molecular flexibility index (Phi) is 4.24. The van der Waals surface area contributed by atoms with Gasteiger partial charge in [-0.15, -0.1) is 0 Å². The van der Waals surface area contributed by atoms with E-state index in [0.29, 0.717) is 0 Å². The maximum atomic E-state index is 13.6. The van der Waals surface area contributed by atoms with Gasteiger partial charge in [-0.1, -0.05) is 18.2 Å². The fourth-order valence-electron chi connectivity index (χ4n) is 1.86. The summed E-state index contributed by atoms with van der Waals surface area (Å²) in [6.07, 6.45) is 0. The highest BCUT2D eigenvalue weighted by atomic mass is 32.2. The maximum absolute atomic E-state index is 13.6. The zero-order valence-electron chi connectivity index (χ0n) is 11.3. The van der Waals surface area contributed by atoms with E-state index in [1.165, 1.54) is 25.2 Å². The van der Waals surface area contributed by atoms with Crippen molar-refractivity contribution in [2.24, 2.45) is 0 Å². The summed E-state index contributed by atoms with van der Waals surface area (Å²) in [5.74, 6) is -1.24. The zero-order valence-corrected chi connectivity index (χ0v) is 12.1. The quantitative estimate of drug-likeness (QED) is 0.882. The summed E-state index contributed by atoms with van der Waals surface area (Å²) in [5.41, 5.74) is 5.69. The number of nitrogen functional groups attached to an aromatic ring is 1. The van der Waals surface area contributed by atoms with Crippen molar-refractivity contribution in [3.8, 4) is 0 Å². The van der Waals surface area contributed by atoms with Crippen molar-refractivity contribution >= 4 is 15.7 Å². The van der Waals surface area contributed by atoms with Gasteiger partial charge in [0.1, 0.15) is 11.6 Å². The van der Waals surface area contributed by atoms with Crippen molar-refractivity contribution in [3.63, 3.8) is 0 Å². The van der Waals surface area contributed by atoms with E-state index < -0.39 is 21.7 Å². The number of rotatable bonds is 4. The lowest BCUT2D eigenvalue weighted by Gasteiger charge is -2.18. The molecule has 0 heterocycles. The van der Waals surface area contributed by atoms with E-state index in [1.54, 1.807) is 6.07 Å². The molecule has 0 aliphatic rings. The summed E-state index contributed by atoms with van der Waals surface area (Å²) < 4.78 is 52.5. The minimum atomic E-state index is -3.95. The van der Waals surface area contributed by atoms with Crippen LogP contribution in [-0.2, 0) is 16.6 Å². The van der Waals surface area contributed by atoms with Crippen LogP contribution in [0.15, 0.2) is 47.4 Å². The monoisotopic (exact) mass is 312 g/mol. The molecule has 4 nitrogen and oxygen atoms in total. The molecule has 0 aromatic heterocycles. The first-order chi connectivity index (χ1) is 9.80. The third kappa shape index (κ3) is 3.37. The molecule has 0 saturated carbocycles. The van der Waals surface area contributed by atoms with Crippen molar-refractivity contribution in [1.29, 1.82) is 0 Å². The van der Waals surface area contributed by atoms with Gasteiger partial charge in [-0.3, -0.25) is 0 Å². The maximum Gasteiger partial charge on any atom is 0.243 e. The highest BCUT2D eigenvalue weighted by Gasteiger charge is 2.22. The van der Waals surface area contributed by atoms with E-state index in [1.807, 2.05) is 0 Å². The Morgan fingerprint density at radius 3 is 2.43 bits per heavy atom. The van der Waals surface area contributed by atoms with Crippen LogP contribution in [0.5, 0.6) is 0 Å². The minimum absolute atomic E-state index is 0.00728. The van der Waals surface area contributed by atoms with Crippen LogP contribution in [0.25, 0.3) is 0 Å². The van der Waals surface area contributed by atoms with E-state index in [-0.39, 0.29) is 22.7 Å². The molecule has 0 fully saturated rings. The van der Waals surface area contributed by atoms with Crippen molar-refractivity contribution in [3.05, 3.63) is 59.7 Å². The van der Waals surface area contributed by atoms with Gasteiger partial charge in [-0.2, -0.15) is 4.31 Å². The fraction of sp³-hybridized carbons (Fsp3) is 0.143. The second-order valence-corrected chi connectivity index (χ2v) is 6.62. The topological polar surface area (TPSA) is 63.4 Å². The van der Waals surface area contributed by atoms with Crippen LogP contribution < -0.4 is 5.73 Å². The largest absolute Gasteiger partial charge is 0.399 e.